The average molecular weight is 371 g/mol. The summed E-state index contributed by atoms with van der Waals surface area (Å²) in [4.78, 5) is 25.1. The van der Waals surface area contributed by atoms with Gasteiger partial charge in [0.2, 0.25) is 0 Å². The van der Waals surface area contributed by atoms with Crippen LogP contribution in [-0.2, 0) is 9.53 Å². The molecule has 0 spiro atoms. The number of hydrogen-bond acceptors (Lipinski definition) is 3. The number of benzene rings is 2. The van der Waals surface area contributed by atoms with Gasteiger partial charge in [0, 0.05) is 5.02 Å². The fraction of sp³-hybridized carbons (Fsp3) is 0.200. The van der Waals surface area contributed by atoms with Gasteiger partial charge < -0.3 is 15.4 Å². The van der Waals surface area contributed by atoms with Gasteiger partial charge in [0.15, 0.2) is 0 Å². The van der Waals surface area contributed by atoms with Crippen LogP contribution in [0.5, 0.6) is 0 Å². The zero-order valence-electron chi connectivity index (χ0n) is 14.5. The number of carbonyl (C=O) groups is 2. The number of carbonyl (C=O) groups excluding carboxylic acids is 2. The Balaban J connectivity index is 2.17. The molecule has 0 aliphatic carbocycles. The van der Waals surface area contributed by atoms with Crippen molar-refractivity contribution < 1.29 is 14.3 Å². The summed E-state index contributed by atoms with van der Waals surface area (Å²) in [6, 6.07) is 15.2. The zero-order valence-corrected chi connectivity index (χ0v) is 15.2. The maximum atomic E-state index is 12.9. The molecule has 0 radical (unpaired) electrons. The highest BCUT2D eigenvalue weighted by Crippen LogP contribution is 2.33. The quantitative estimate of drug-likeness (QED) is 0.797. The smallest absolute Gasteiger partial charge is 0.338 e. The lowest BCUT2D eigenvalue weighted by Crippen LogP contribution is -2.45. The molecule has 0 saturated heterocycles. The van der Waals surface area contributed by atoms with Gasteiger partial charge in [0.1, 0.15) is 0 Å². The van der Waals surface area contributed by atoms with Gasteiger partial charge in [-0.05, 0) is 37.1 Å². The number of esters is 1. The van der Waals surface area contributed by atoms with E-state index >= 15 is 0 Å². The van der Waals surface area contributed by atoms with E-state index in [-0.39, 0.29) is 6.10 Å². The first-order valence-corrected chi connectivity index (χ1v) is 8.67. The predicted molar refractivity (Wildman–Crippen MR) is 100 cm³/mol. The summed E-state index contributed by atoms with van der Waals surface area (Å²) in [5, 5.41) is 6.06. The molecule has 1 atom stereocenters. The van der Waals surface area contributed by atoms with Gasteiger partial charge in [0.05, 0.1) is 23.4 Å². The van der Waals surface area contributed by atoms with Crippen LogP contribution in [0.25, 0.3) is 5.70 Å². The third-order valence-corrected chi connectivity index (χ3v) is 4.11. The zero-order chi connectivity index (χ0) is 18.7. The molecule has 1 aliphatic heterocycles. The van der Waals surface area contributed by atoms with Crippen LogP contribution in [0.15, 0.2) is 60.2 Å². The van der Waals surface area contributed by atoms with Gasteiger partial charge in [-0.3, -0.25) is 0 Å². The highest BCUT2D eigenvalue weighted by atomic mass is 35.5. The molecule has 0 bridgehead atoms. The lowest BCUT2D eigenvalue weighted by molar-refractivity contribution is -0.143. The van der Waals surface area contributed by atoms with Crippen molar-refractivity contribution in [2.24, 2.45) is 0 Å². The van der Waals surface area contributed by atoms with Crippen molar-refractivity contribution >= 4 is 29.3 Å². The van der Waals surface area contributed by atoms with Crippen molar-refractivity contribution in [3.63, 3.8) is 0 Å². The molecule has 5 nitrogen and oxygen atoms in total. The van der Waals surface area contributed by atoms with Gasteiger partial charge in [0.25, 0.3) is 0 Å². The Bertz CT molecular complexity index is 862. The molecule has 1 aliphatic rings. The maximum absolute atomic E-state index is 12.9. The molecule has 0 fully saturated rings. The second-order valence-electron chi connectivity index (χ2n) is 6.20. The van der Waals surface area contributed by atoms with Crippen molar-refractivity contribution in [1.82, 2.24) is 10.6 Å². The van der Waals surface area contributed by atoms with Crippen LogP contribution in [0.1, 0.15) is 31.0 Å². The SMILES string of the molecule is CC(C)OC(=O)C1=C(c2ccccc2)NC(=O)NC1c1cccc(Cl)c1. The first-order chi connectivity index (χ1) is 12.5. The van der Waals surface area contributed by atoms with Crippen molar-refractivity contribution in [2.45, 2.75) is 26.0 Å². The monoisotopic (exact) mass is 370 g/mol. The van der Waals surface area contributed by atoms with Crippen molar-refractivity contribution in [1.29, 1.82) is 0 Å². The van der Waals surface area contributed by atoms with Gasteiger partial charge in [-0.25, -0.2) is 9.59 Å². The minimum atomic E-state index is -0.663. The minimum Gasteiger partial charge on any atom is -0.459 e. The Hall–Kier alpha value is -2.79. The lowest BCUT2D eigenvalue weighted by atomic mass is 9.92. The molecule has 0 saturated carbocycles. The van der Waals surface area contributed by atoms with E-state index in [1.54, 1.807) is 32.0 Å². The largest absolute Gasteiger partial charge is 0.459 e. The van der Waals surface area contributed by atoms with Crippen molar-refractivity contribution in [3.8, 4) is 0 Å². The summed E-state index contributed by atoms with van der Waals surface area (Å²) >= 11 is 6.10. The average Bonchev–Trinajstić information content (AvgIpc) is 2.61. The summed E-state index contributed by atoms with van der Waals surface area (Å²) in [6.45, 7) is 3.56. The first-order valence-electron chi connectivity index (χ1n) is 8.29. The molecular formula is C20H19ClN2O3. The highest BCUT2D eigenvalue weighted by molar-refractivity contribution is 6.30. The predicted octanol–water partition coefficient (Wildman–Crippen LogP) is 4.06. The third-order valence-electron chi connectivity index (χ3n) is 3.88. The summed E-state index contributed by atoms with van der Waals surface area (Å²) < 4.78 is 5.44. The summed E-state index contributed by atoms with van der Waals surface area (Å²) in [6.07, 6.45) is -0.287. The number of amides is 2. The molecule has 1 heterocycles. The molecule has 1 unspecified atom stereocenters. The van der Waals surface area contributed by atoms with E-state index in [0.717, 1.165) is 5.56 Å². The Kier molecular flexibility index (Phi) is 5.28. The highest BCUT2D eigenvalue weighted by Gasteiger charge is 2.34. The van der Waals surface area contributed by atoms with E-state index in [4.69, 9.17) is 16.3 Å². The van der Waals surface area contributed by atoms with Crippen molar-refractivity contribution in [2.75, 3.05) is 0 Å². The molecule has 0 aromatic heterocycles. The fourth-order valence-corrected chi connectivity index (χ4v) is 3.03. The van der Waals surface area contributed by atoms with Gasteiger partial charge in [-0.1, -0.05) is 54.1 Å². The van der Waals surface area contributed by atoms with Gasteiger partial charge >= 0.3 is 12.0 Å². The Morgan fingerprint density at radius 2 is 1.85 bits per heavy atom. The number of hydrogen-bond donors (Lipinski definition) is 2. The van der Waals surface area contributed by atoms with Crippen LogP contribution < -0.4 is 10.6 Å². The standard InChI is InChI=1S/C20H19ClN2O3/c1-12(2)26-19(24)16-17(13-7-4-3-5-8-13)22-20(25)23-18(16)14-9-6-10-15(21)11-14/h3-12,18H,1-2H3,(H2,22,23,25). The van der Waals surface area contributed by atoms with Gasteiger partial charge in [-0.2, -0.15) is 0 Å². The maximum Gasteiger partial charge on any atom is 0.338 e. The molecule has 134 valence electrons. The summed E-state index contributed by atoms with van der Waals surface area (Å²) in [5.41, 5.74) is 2.21. The van der Waals surface area contributed by atoms with Crippen LogP contribution >= 0.6 is 11.6 Å². The Morgan fingerprint density at radius 3 is 2.50 bits per heavy atom. The Morgan fingerprint density at radius 1 is 1.12 bits per heavy atom. The van der Waals surface area contributed by atoms with Crippen molar-refractivity contribution in [3.05, 3.63) is 76.3 Å². The number of nitrogens with one attached hydrogen (secondary N) is 2. The molecule has 2 aromatic rings. The number of urea groups is 1. The first kappa shape index (κ1) is 18.0. The second kappa shape index (κ2) is 7.62. The molecular weight excluding hydrogens is 352 g/mol. The number of ether oxygens (including phenoxy) is 1. The molecule has 26 heavy (non-hydrogen) atoms. The Labute approximate surface area is 157 Å². The lowest BCUT2D eigenvalue weighted by Gasteiger charge is -2.30. The van der Waals surface area contributed by atoms with Crippen LogP contribution in [0.2, 0.25) is 5.02 Å². The van der Waals surface area contributed by atoms with Crippen LogP contribution in [0.4, 0.5) is 4.79 Å². The normalized spacial score (nSPS) is 16.9. The van der Waals surface area contributed by atoms with Crippen LogP contribution in [0.3, 0.4) is 0 Å². The topological polar surface area (TPSA) is 67.4 Å². The third kappa shape index (κ3) is 3.89. The van der Waals surface area contributed by atoms with E-state index < -0.39 is 18.0 Å². The van der Waals surface area contributed by atoms with Crippen LogP contribution in [0, 0.1) is 0 Å². The van der Waals surface area contributed by atoms with E-state index in [1.165, 1.54) is 0 Å². The van der Waals surface area contributed by atoms with Crippen LogP contribution in [-0.4, -0.2) is 18.1 Å². The second-order valence-corrected chi connectivity index (χ2v) is 6.63. The van der Waals surface area contributed by atoms with Gasteiger partial charge in [-0.15, -0.1) is 0 Å². The molecule has 6 heteroatoms. The summed E-state index contributed by atoms with van der Waals surface area (Å²) in [7, 11) is 0. The molecule has 2 aromatic carbocycles. The van der Waals surface area contributed by atoms with E-state index in [0.29, 0.717) is 21.9 Å². The van der Waals surface area contributed by atoms with E-state index in [9.17, 15) is 9.59 Å². The number of halogens is 1. The molecule has 3 rings (SSSR count). The fourth-order valence-electron chi connectivity index (χ4n) is 2.83. The van der Waals surface area contributed by atoms with E-state index in [2.05, 4.69) is 10.6 Å². The summed E-state index contributed by atoms with van der Waals surface area (Å²) in [5.74, 6) is -0.490. The van der Waals surface area contributed by atoms with E-state index in [1.807, 2.05) is 36.4 Å². The minimum absolute atomic E-state index is 0.287. The molecule has 2 amide bonds. The molecule has 2 N–H and O–H groups in total. The number of rotatable bonds is 4.